The first-order chi connectivity index (χ1) is 7.70. The van der Waals surface area contributed by atoms with Gasteiger partial charge in [-0.25, -0.2) is 4.39 Å². The average molecular weight is 256 g/mol. The van der Waals surface area contributed by atoms with Crippen molar-refractivity contribution in [3.8, 4) is 10.4 Å². The highest BCUT2D eigenvalue weighted by Gasteiger charge is 2.05. The van der Waals surface area contributed by atoms with Gasteiger partial charge in [-0.1, -0.05) is 17.7 Å². The Labute approximate surface area is 103 Å². The zero-order valence-electron chi connectivity index (χ0n) is 8.76. The quantitative estimate of drug-likeness (QED) is 0.876. The fraction of sp³-hybridized carbons (Fsp3) is 0.167. The van der Waals surface area contributed by atoms with Crippen LogP contribution in [0.25, 0.3) is 10.4 Å². The second-order valence-electron chi connectivity index (χ2n) is 3.43. The van der Waals surface area contributed by atoms with Gasteiger partial charge >= 0.3 is 0 Å². The lowest BCUT2D eigenvalue weighted by Gasteiger charge is -1.99. The van der Waals surface area contributed by atoms with Crippen LogP contribution in [0.15, 0.2) is 30.3 Å². The van der Waals surface area contributed by atoms with Crippen LogP contribution >= 0.6 is 22.9 Å². The molecule has 1 aromatic carbocycles. The number of hydrogen-bond donors (Lipinski definition) is 1. The van der Waals surface area contributed by atoms with E-state index in [0.29, 0.717) is 0 Å². The highest BCUT2D eigenvalue weighted by Crippen LogP contribution is 2.30. The molecule has 0 amide bonds. The van der Waals surface area contributed by atoms with Crippen LogP contribution in [0.3, 0.4) is 0 Å². The molecular weight excluding hydrogens is 245 g/mol. The molecule has 0 spiro atoms. The first kappa shape index (κ1) is 11.6. The summed E-state index contributed by atoms with van der Waals surface area (Å²) in [5.41, 5.74) is 0.870. The van der Waals surface area contributed by atoms with Gasteiger partial charge in [0.2, 0.25) is 0 Å². The molecule has 0 unspecified atom stereocenters. The van der Waals surface area contributed by atoms with Crippen molar-refractivity contribution in [2.45, 2.75) is 6.54 Å². The molecule has 0 saturated heterocycles. The van der Waals surface area contributed by atoms with Crippen LogP contribution in [0.2, 0.25) is 5.02 Å². The molecule has 84 valence electrons. The maximum Gasteiger partial charge on any atom is 0.142 e. The molecule has 0 fully saturated rings. The number of benzene rings is 1. The Balaban J connectivity index is 2.31. The summed E-state index contributed by atoms with van der Waals surface area (Å²) in [5.74, 6) is -0.372. The molecule has 0 radical (unpaired) electrons. The number of rotatable bonds is 3. The topological polar surface area (TPSA) is 12.0 Å². The summed E-state index contributed by atoms with van der Waals surface area (Å²) in [6.45, 7) is 0.834. The summed E-state index contributed by atoms with van der Waals surface area (Å²) in [5, 5.41) is 3.25. The largest absolute Gasteiger partial charge is 0.315 e. The monoisotopic (exact) mass is 255 g/mol. The maximum atomic E-state index is 13.3. The van der Waals surface area contributed by atoms with Crippen LogP contribution in [-0.4, -0.2) is 7.05 Å². The van der Waals surface area contributed by atoms with Crippen LogP contribution in [0.1, 0.15) is 4.88 Å². The second kappa shape index (κ2) is 4.95. The molecule has 1 aromatic heterocycles. The fourth-order valence-corrected chi connectivity index (χ4v) is 2.59. The van der Waals surface area contributed by atoms with E-state index in [-0.39, 0.29) is 10.8 Å². The Hall–Kier alpha value is -0.900. The summed E-state index contributed by atoms with van der Waals surface area (Å²) in [4.78, 5) is 2.29. The van der Waals surface area contributed by atoms with E-state index in [1.54, 1.807) is 17.4 Å². The molecule has 0 atom stereocenters. The molecule has 0 aliphatic heterocycles. The van der Waals surface area contributed by atoms with E-state index >= 15 is 0 Å². The van der Waals surface area contributed by atoms with E-state index < -0.39 is 0 Å². The lowest BCUT2D eigenvalue weighted by Crippen LogP contribution is -2.02. The molecule has 1 heterocycles. The van der Waals surface area contributed by atoms with Crippen molar-refractivity contribution in [2.75, 3.05) is 7.05 Å². The first-order valence-electron chi connectivity index (χ1n) is 4.89. The lowest BCUT2D eigenvalue weighted by molar-refractivity contribution is 0.629. The molecule has 4 heteroatoms. The molecule has 16 heavy (non-hydrogen) atoms. The molecule has 1 N–H and O–H groups in total. The van der Waals surface area contributed by atoms with Crippen molar-refractivity contribution >= 4 is 22.9 Å². The SMILES string of the molecule is CNCc1ccc(-c2ccc(Cl)c(F)c2)s1. The van der Waals surface area contributed by atoms with E-state index in [0.717, 1.165) is 17.0 Å². The minimum atomic E-state index is -0.372. The van der Waals surface area contributed by atoms with E-state index in [4.69, 9.17) is 11.6 Å². The van der Waals surface area contributed by atoms with Gasteiger partial charge in [0, 0.05) is 16.3 Å². The lowest BCUT2D eigenvalue weighted by atomic mass is 10.2. The average Bonchev–Trinajstić information content (AvgIpc) is 2.71. The molecule has 2 aromatic rings. The second-order valence-corrected chi connectivity index (χ2v) is 5.00. The standard InChI is InChI=1S/C12H11ClFNS/c1-15-7-9-3-5-12(16-9)8-2-4-10(13)11(14)6-8/h2-6,15H,7H2,1H3. The zero-order valence-corrected chi connectivity index (χ0v) is 10.3. The van der Waals surface area contributed by atoms with Gasteiger partial charge in [0.15, 0.2) is 0 Å². The van der Waals surface area contributed by atoms with Crippen LogP contribution < -0.4 is 5.32 Å². The van der Waals surface area contributed by atoms with Gasteiger partial charge in [0.1, 0.15) is 5.82 Å². The fourth-order valence-electron chi connectivity index (χ4n) is 1.45. The van der Waals surface area contributed by atoms with Gasteiger partial charge in [-0.2, -0.15) is 0 Å². The van der Waals surface area contributed by atoms with E-state index in [1.807, 2.05) is 25.2 Å². The third kappa shape index (κ3) is 2.43. The van der Waals surface area contributed by atoms with Crippen molar-refractivity contribution in [2.24, 2.45) is 0 Å². The third-order valence-electron chi connectivity index (χ3n) is 2.22. The molecule has 0 saturated carbocycles. The molecule has 0 aliphatic carbocycles. The van der Waals surface area contributed by atoms with Crippen LogP contribution in [0.4, 0.5) is 4.39 Å². The van der Waals surface area contributed by atoms with Crippen LogP contribution in [0.5, 0.6) is 0 Å². The van der Waals surface area contributed by atoms with Gasteiger partial charge in [-0.05, 0) is 36.9 Å². The molecule has 1 nitrogen and oxygen atoms in total. The number of hydrogen-bond acceptors (Lipinski definition) is 2. The van der Waals surface area contributed by atoms with Crippen molar-refractivity contribution in [1.29, 1.82) is 0 Å². The Morgan fingerprint density at radius 3 is 2.81 bits per heavy atom. The van der Waals surface area contributed by atoms with Crippen LogP contribution in [0, 0.1) is 5.82 Å². The van der Waals surface area contributed by atoms with Gasteiger partial charge < -0.3 is 5.32 Å². The van der Waals surface area contributed by atoms with Gasteiger partial charge in [-0.15, -0.1) is 11.3 Å². The highest BCUT2D eigenvalue weighted by molar-refractivity contribution is 7.15. The van der Waals surface area contributed by atoms with Gasteiger partial charge in [0.25, 0.3) is 0 Å². The summed E-state index contributed by atoms with van der Waals surface area (Å²) in [7, 11) is 1.90. The Morgan fingerprint density at radius 2 is 2.12 bits per heavy atom. The predicted octanol–water partition coefficient (Wildman–Crippen LogP) is 3.93. The van der Waals surface area contributed by atoms with E-state index in [1.165, 1.54) is 10.9 Å². The van der Waals surface area contributed by atoms with Gasteiger partial charge in [0.05, 0.1) is 5.02 Å². The molecule has 2 rings (SSSR count). The van der Waals surface area contributed by atoms with Crippen LogP contribution in [-0.2, 0) is 6.54 Å². The maximum absolute atomic E-state index is 13.3. The predicted molar refractivity (Wildman–Crippen MR) is 67.5 cm³/mol. The summed E-state index contributed by atoms with van der Waals surface area (Å²) >= 11 is 7.29. The Kier molecular flexibility index (Phi) is 3.59. The van der Waals surface area contributed by atoms with E-state index in [2.05, 4.69) is 5.32 Å². The number of nitrogens with one attached hydrogen (secondary N) is 1. The summed E-state index contributed by atoms with van der Waals surface area (Å²) in [6, 6.07) is 8.93. The normalized spacial score (nSPS) is 10.7. The number of thiophene rings is 1. The van der Waals surface area contributed by atoms with E-state index in [9.17, 15) is 4.39 Å². The van der Waals surface area contributed by atoms with Gasteiger partial charge in [-0.3, -0.25) is 0 Å². The zero-order chi connectivity index (χ0) is 11.5. The van der Waals surface area contributed by atoms with Crippen molar-refractivity contribution in [3.05, 3.63) is 46.0 Å². The van der Waals surface area contributed by atoms with Crippen molar-refractivity contribution in [3.63, 3.8) is 0 Å². The minimum absolute atomic E-state index is 0.163. The summed E-state index contributed by atoms with van der Waals surface area (Å²) < 4.78 is 13.3. The smallest absolute Gasteiger partial charge is 0.142 e. The Bertz CT molecular complexity index is 496. The molecular formula is C12H11ClFNS. The number of halogens is 2. The first-order valence-corrected chi connectivity index (χ1v) is 6.09. The summed E-state index contributed by atoms with van der Waals surface area (Å²) in [6.07, 6.45) is 0. The minimum Gasteiger partial charge on any atom is -0.315 e. The highest BCUT2D eigenvalue weighted by atomic mass is 35.5. The molecule has 0 aliphatic rings. The third-order valence-corrected chi connectivity index (χ3v) is 3.66. The van der Waals surface area contributed by atoms with Crippen molar-refractivity contribution in [1.82, 2.24) is 5.32 Å². The Morgan fingerprint density at radius 1 is 1.31 bits per heavy atom. The molecule has 0 bridgehead atoms. The van der Waals surface area contributed by atoms with Crippen molar-refractivity contribution < 1.29 is 4.39 Å².